The molecule has 0 aromatic carbocycles. The predicted octanol–water partition coefficient (Wildman–Crippen LogP) is 0.868. The first kappa shape index (κ1) is 14.3. The van der Waals surface area contributed by atoms with Crippen LogP contribution in [0.3, 0.4) is 0 Å². The summed E-state index contributed by atoms with van der Waals surface area (Å²) < 4.78 is 5.19. The second-order valence-electron chi connectivity index (χ2n) is 5.42. The number of primary amides is 1. The molecule has 0 unspecified atom stereocenters. The van der Waals surface area contributed by atoms with E-state index in [4.69, 9.17) is 4.74 Å². The number of aromatic nitrogens is 3. The highest BCUT2D eigenvalue weighted by Gasteiger charge is 2.18. The Kier molecular flexibility index (Phi) is 4.19. The van der Waals surface area contributed by atoms with Crippen LogP contribution in [0.2, 0.25) is 0 Å². The number of H-pyrrole nitrogens is 1. The van der Waals surface area contributed by atoms with Gasteiger partial charge >= 0.3 is 6.09 Å². The second kappa shape index (κ2) is 5.87. The van der Waals surface area contributed by atoms with Gasteiger partial charge in [0.1, 0.15) is 29.9 Å². The highest BCUT2D eigenvalue weighted by atomic mass is 16.6. The number of anilines is 1. The maximum atomic E-state index is 11.5. The zero-order chi connectivity index (χ0) is 14.6. The van der Waals surface area contributed by atoms with Gasteiger partial charge in [-0.15, -0.1) is 0 Å². The van der Waals surface area contributed by atoms with Crippen LogP contribution < -0.4 is 10.6 Å². The lowest BCUT2D eigenvalue weighted by molar-refractivity contribution is -0.569. The summed E-state index contributed by atoms with van der Waals surface area (Å²) in [7, 11) is 0. The van der Waals surface area contributed by atoms with Crippen LogP contribution in [0.5, 0.6) is 0 Å². The largest absolute Gasteiger partial charge is 0.513 e. The number of amides is 1. The van der Waals surface area contributed by atoms with Gasteiger partial charge in [0.05, 0.1) is 11.9 Å². The molecule has 7 nitrogen and oxygen atoms in total. The number of rotatable bonds is 4. The van der Waals surface area contributed by atoms with Gasteiger partial charge in [-0.2, -0.15) is 4.79 Å². The number of carbonyl (C=O) groups is 1. The molecule has 108 valence electrons. The number of ether oxygens (including phenoxy) is 1. The molecule has 4 N–H and O–H groups in total. The minimum Gasteiger partial charge on any atom is -0.414 e. The van der Waals surface area contributed by atoms with Crippen molar-refractivity contribution in [3.8, 4) is 0 Å². The SMILES string of the molecule is CC(C)(C)OC(=O)[NH2+]CCNc1ncnc2[nH]ccc12. The lowest BCUT2D eigenvalue weighted by Crippen LogP contribution is -2.89. The Morgan fingerprint density at radius 3 is 3.00 bits per heavy atom. The van der Waals surface area contributed by atoms with Gasteiger partial charge in [0, 0.05) is 6.20 Å². The van der Waals surface area contributed by atoms with Crippen LogP contribution in [0.1, 0.15) is 20.8 Å². The van der Waals surface area contributed by atoms with Crippen LogP contribution in [0, 0.1) is 0 Å². The van der Waals surface area contributed by atoms with E-state index in [9.17, 15) is 4.79 Å². The van der Waals surface area contributed by atoms with E-state index in [0.29, 0.717) is 13.1 Å². The standard InChI is InChI=1S/C13H19N5O2/c1-13(2,3)20-12(19)16-7-6-15-11-9-4-5-14-10(9)17-8-18-11/h4-5,8H,6-7H2,1-3H3,(H,16,19)(H2,14,15,17,18)/p+1. The van der Waals surface area contributed by atoms with Crippen LogP contribution in [0.25, 0.3) is 11.0 Å². The quantitative estimate of drug-likeness (QED) is 0.721. The fourth-order valence-electron chi connectivity index (χ4n) is 1.74. The van der Waals surface area contributed by atoms with Crippen molar-refractivity contribution in [3.63, 3.8) is 0 Å². The molecule has 2 aromatic heterocycles. The summed E-state index contributed by atoms with van der Waals surface area (Å²) in [5, 5.41) is 5.65. The van der Waals surface area contributed by atoms with Gasteiger partial charge in [0.25, 0.3) is 0 Å². The van der Waals surface area contributed by atoms with Crippen molar-refractivity contribution in [2.75, 3.05) is 18.4 Å². The lowest BCUT2D eigenvalue weighted by Gasteiger charge is -2.17. The first-order valence-electron chi connectivity index (χ1n) is 6.54. The second-order valence-corrected chi connectivity index (χ2v) is 5.42. The van der Waals surface area contributed by atoms with Crippen molar-refractivity contribution in [1.82, 2.24) is 15.0 Å². The zero-order valence-corrected chi connectivity index (χ0v) is 11.9. The van der Waals surface area contributed by atoms with Crippen LogP contribution >= 0.6 is 0 Å². The number of aromatic amines is 1. The average molecular weight is 278 g/mol. The molecule has 2 aromatic rings. The molecule has 0 radical (unpaired) electrons. The molecule has 0 atom stereocenters. The summed E-state index contributed by atoms with van der Waals surface area (Å²) in [4.78, 5) is 22.8. The number of hydrogen-bond donors (Lipinski definition) is 3. The molecule has 0 aliphatic carbocycles. The number of quaternary nitrogens is 1. The van der Waals surface area contributed by atoms with E-state index in [1.807, 2.05) is 33.0 Å². The molecule has 0 saturated heterocycles. The highest BCUT2D eigenvalue weighted by molar-refractivity contribution is 5.86. The van der Waals surface area contributed by atoms with Crippen molar-refractivity contribution in [1.29, 1.82) is 0 Å². The van der Waals surface area contributed by atoms with Gasteiger partial charge in [-0.3, -0.25) is 0 Å². The zero-order valence-electron chi connectivity index (χ0n) is 11.9. The van der Waals surface area contributed by atoms with E-state index >= 15 is 0 Å². The van der Waals surface area contributed by atoms with Crippen molar-refractivity contribution < 1.29 is 14.8 Å². The van der Waals surface area contributed by atoms with E-state index in [0.717, 1.165) is 16.9 Å². The third-order valence-electron chi connectivity index (χ3n) is 2.51. The van der Waals surface area contributed by atoms with Gasteiger partial charge in [-0.25, -0.2) is 15.3 Å². The van der Waals surface area contributed by atoms with Gasteiger partial charge < -0.3 is 15.0 Å². The molecular weight excluding hydrogens is 258 g/mol. The topological polar surface area (TPSA) is 96.5 Å². The molecule has 0 bridgehead atoms. The average Bonchev–Trinajstić information content (AvgIpc) is 2.81. The lowest BCUT2D eigenvalue weighted by atomic mass is 10.2. The number of nitrogens with one attached hydrogen (secondary N) is 2. The summed E-state index contributed by atoms with van der Waals surface area (Å²) in [5.41, 5.74) is 0.337. The molecule has 0 spiro atoms. The van der Waals surface area contributed by atoms with Crippen LogP contribution in [-0.4, -0.2) is 39.7 Å². The van der Waals surface area contributed by atoms with Crippen LogP contribution in [-0.2, 0) is 4.74 Å². The molecule has 0 fully saturated rings. The Morgan fingerprint density at radius 2 is 2.25 bits per heavy atom. The Morgan fingerprint density at radius 1 is 1.45 bits per heavy atom. The Hall–Kier alpha value is -2.15. The maximum absolute atomic E-state index is 11.5. The fourth-order valence-corrected chi connectivity index (χ4v) is 1.74. The van der Waals surface area contributed by atoms with E-state index < -0.39 is 5.60 Å². The van der Waals surface area contributed by atoms with Crippen molar-refractivity contribution in [2.45, 2.75) is 26.4 Å². The Balaban J connectivity index is 1.79. The Labute approximate surface area is 117 Å². The van der Waals surface area contributed by atoms with Gasteiger partial charge in [-0.05, 0) is 26.8 Å². The van der Waals surface area contributed by atoms with Crippen LogP contribution in [0.4, 0.5) is 10.6 Å². The normalized spacial score (nSPS) is 11.6. The highest BCUT2D eigenvalue weighted by Crippen LogP contribution is 2.16. The monoisotopic (exact) mass is 278 g/mol. The summed E-state index contributed by atoms with van der Waals surface area (Å²) >= 11 is 0. The Bertz CT molecular complexity index is 588. The smallest absolute Gasteiger partial charge is 0.414 e. The molecule has 2 rings (SSSR count). The minimum atomic E-state index is -0.453. The number of carbonyl (C=O) groups excluding carboxylic acids is 1. The minimum absolute atomic E-state index is 0.297. The van der Waals surface area contributed by atoms with E-state index in [1.54, 1.807) is 0 Å². The third kappa shape index (κ3) is 3.92. The summed E-state index contributed by atoms with van der Waals surface area (Å²) in [6.07, 6.45) is 3.02. The molecule has 20 heavy (non-hydrogen) atoms. The van der Waals surface area contributed by atoms with E-state index in [2.05, 4.69) is 20.3 Å². The van der Waals surface area contributed by atoms with E-state index in [1.165, 1.54) is 11.6 Å². The molecule has 2 heterocycles. The van der Waals surface area contributed by atoms with Gasteiger partial charge in [0.2, 0.25) is 0 Å². The molecule has 1 amide bonds. The third-order valence-corrected chi connectivity index (χ3v) is 2.51. The molecular formula is C13H20N5O2+. The molecule has 0 saturated carbocycles. The van der Waals surface area contributed by atoms with Crippen molar-refractivity contribution in [2.24, 2.45) is 0 Å². The summed E-state index contributed by atoms with van der Waals surface area (Å²) in [5.74, 6) is 0.758. The summed E-state index contributed by atoms with van der Waals surface area (Å²) in [6.45, 7) is 6.73. The van der Waals surface area contributed by atoms with Crippen molar-refractivity contribution >= 4 is 22.9 Å². The molecule has 7 heteroatoms. The number of nitrogens with zero attached hydrogens (tertiary/aromatic N) is 2. The predicted molar refractivity (Wildman–Crippen MR) is 75.4 cm³/mol. The first-order chi connectivity index (χ1) is 9.46. The number of nitrogens with two attached hydrogens (primary N) is 1. The van der Waals surface area contributed by atoms with E-state index in [-0.39, 0.29) is 6.09 Å². The summed E-state index contributed by atoms with van der Waals surface area (Å²) in [6, 6.07) is 1.91. The van der Waals surface area contributed by atoms with Gasteiger partial charge in [0.15, 0.2) is 0 Å². The van der Waals surface area contributed by atoms with Crippen LogP contribution in [0.15, 0.2) is 18.6 Å². The van der Waals surface area contributed by atoms with Crippen molar-refractivity contribution in [3.05, 3.63) is 18.6 Å². The fraction of sp³-hybridized carbons (Fsp3) is 0.462. The molecule has 0 aliphatic rings. The van der Waals surface area contributed by atoms with Gasteiger partial charge in [-0.1, -0.05) is 0 Å². The molecule has 0 aliphatic heterocycles. The number of hydrogen-bond acceptors (Lipinski definition) is 5. The maximum Gasteiger partial charge on any atom is 0.513 e. The number of fused-ring (bicyclic) bond motifs is 1. The first-order valence-corrected chi connectivity index (χ1v) is 6.54.